The quantitative estimate of drug-likeness (QED) is 0.183. The molecule has 3 heteroatoms. The number of hydrogen-bond acceptors (Lipinski definition) is 2. The van der Waals surface area contributed by atoms with Gasteiger partial charge in [-0.1, -0.05) is 76.9 Å². The Morgan fingerprint density at radius 1 is 0.769 bits per heavy atom. The molecule has 0 saturated carbocycles. The summed E-state index contributed by atoms with van der Waals surface area (Å²) in [5, 5.41) is 0. The Balaban J connectivity index is 1.83. The summed E-state index contributed by atoms with van der Waals surface area (Å²) in [6, 6.07) is 0. The van der Waals surface area contributed by atoms with E-state index in [2.05, 4.69) is 19.1 Å². The van der Waals surface area contributed by atoms with Gasteiger partial charge >= 0.3 is 0 Å². The SMILES string of the molecule is CCCCCCCCC=CCCCCCCCCN1C(=O)C=C(C)C1=O. The number of nitrogens with zero attached hydrogens (tertiary/aromatic N) is 1. The fraction of sp³-hybridized carbons (Fsp3) is 0.739. The van der Waals surface area contributed by atoms with E-state index in [9.17, 15) is 9.59 Å². The van der Waals surface area contributed by atoms with Crippen molar-refractivity contribution < 1.29 is 9.59 Å². The van der Waals surface area contributed by atoms with E-state index in [0.717, 1.165) is 12.8 Å². The molecule has 148 valence electrons. The highest BCUT2D eigenvalue weighted by molar-refractivity contribution is 6.15. The Labute approximate surface area is 160 Å². The second-order valence-corrected chi connectivity index (χ2v) is 7.56. The predicted molar refractivity (Wildman–Crippen MR) is 110 cm³/mol. The van der Waals surface area contributed by atoms with Crippen LogP contribution in [0.3, 0.4) is 0 Å². The Morgan fingerprint density at radius 2 is 1.27 bits per heavy atom. The van der Waals surface area contributed by atoms with Gasteiger partial charge in [-0.25, -0.2) is 0 Å². The molecule has 1 rings (SSSR count). The van der Waals surface area contributed by atoms with Crippen LogP contribution in [0.1, 0.15) is 104 Å². The highest BCUT2D eigenvalue weighted by Gasteiger charge is 2.27. The molecular weight excluding hydrogens is 322 g/mol. The number of carbonyl (C=O) groups is 2. The van der Waals surface area contributed by atoms with Crippen molar-refractivity contribution in [1.29, 1.82) is 0 Å². The minimum absolute atomic E-state index is 0.109. The molecule has 0 aromatic rings. The van der Waals surface area contributed by atoms with Crippen molar-refractivity contribution in [2.24, 2.45) is 0 Å². The summed E-state index contributed by atoms with van der Waals surface area (Å²) in [6.07, 6.45) is 23.9. The van der Waals surface area contributed by atoms with Crippen LogP contribution in [0.15, 0.2) is 23.8 Å². The first-order chi connectivity index (χ1) is 12.7. The summed E-state index contributed by atoms with van der Waals surface area (Å²) in [5.74, 6) is -0.247. The molecule has 0 aromatic carbocycles. The van der Waals surface area contributed by atoms with Gasteiger partial charge in [-0.15, -0.1) is 0 Å². The zero-order valence-electron chi connectivity index (χ0n) is 17.1. The highest BCUT2D eigenvalue weighted by atomic mass is 16.2. The van der Waals surface area contributed by atoms with E-state index in [1.165, 1.54) is 88.0 Å². The summed E-state index contributed by atoms with van der Waals surface area (Å²) >= 11 is 0. The lowest BCUT2D eigenvalue weighted by Gasteiger charge is -2.13. The van der Waals surface area contributed by atoms with E-state index in [1.807, 2.05) is 0 Å². The molecule has 26 heavy (non-hydrogen) atoms. The molecule has 0 N–H and O–H groups in total. The molecule has 0 spiro atoms. The number of carbonyl (C=O) groups excluding carboxylic acids is 2. The topological polar surface area (TPSA) is 37.4 Å². The Hall–Kier alpha value is -1.38. The lowest BCUT2D eigenvalue weighted by atomic mass is 10.1. The van der Waals surface area contributed by atoms with E-state index in [-0.39, 0.29) is 11.8 Å². The molecule has 0 atom stereocenters. The van der Waals surface area contributed by atoms with Gasteiger partial charge in [0.1, 0.15) is 0 Å². The third-order valence-electron chi connectivity index (χ3n) is 5.08. The van der Waals surface area contributed by atoms with Gasteiger partial charge in [0.05, 0.1) is 0 Å². The van der Waals surface area contributed by atoms with Crippen LogP contribution in [0.25, 0.3) is 0 Å². The monoisotopic (exact) mass is 361 g/mol. The number of hydrogen-bond donors (Lipinski definition) is 0. The van der Waals surface area contributed by atoms with E-state index in [0.29, 0.717) is 12.1 Å². The molecular formula is C23H39NO2. The molecule has 0 aromatic heterocycles. The summed E-state index contributed by atoms with van der Waals surface area (Å²) in [7, 11) is 0. The minimum atomic E-state index is -0.139. The second kappa shape index (κ2) is 14.8. The number of imide groups is 1. The maximum Gasteiger partial charge on any atom is 0.256 e. The van der Waals surface area contributed by atoms with Gasteiger partial charge in [0.2, 0.25) is 0 Å². The van der Waals surface area contributed by atoms with Crippen LogP contribution in [-0.4, -0.2) is 23.3 Å². The standard InChI is InChI=1S/C23H39NO2/c1-3-4-5-6-7-8-9-10-11-12-13-14-15-16-17-18-19-24-22(25)20-21(2)23(24)26/h10-11,20H,3-9,12-19H2,1-2H3. The van der Waals surface area contributed by atoms with Crippen molar-refractivity contribution in [3.63, 3.8) is 0 Å². The van der Waals surface area contributed by atoms with Gasteiger partial charge < -0.3 is 0 Å². The first-order valence-electron chi connectivity index (χ1n) is 10.9. The van der Waals surface area contributed by atoms with Crippen LogP contribution in [0.4, 0.5) is 0 Å². The third kappa shape index (κ3) is 9.94. The smallest absolute Gasteiger partial charge is 0.256 e. The Morgan fingerprint density at radius 3 is 1.77 bits per heavy atom. The first-order valence-corrected chi connectivity index (χ1v) is 10.9. The van der Waals surface area contributed by atoms with Crippen molar-refractivity contribution in [3.05, 3.63) is 23.8 Å². The van der Waals surface area contributed by atoms with Gasteiger partial charge in [0.25, 0.3) is 11.8 Å². The van der Waals surface area contributed by atoms with Crippen LogP contribution < -0.4 is 0 Å². The molecule has 0 bridgehead atoms. The predicted octanol–water partition coefficient (Wildman–Crippen LogP) is 6.34. The Bertz CT molecular complexity index is 465. The minimum Gasteiger partial charge on any atom is -0.275 e. The zero-order valence-corrected chi connectivity index (χ0v) is 17.1. The molecule has 0 radical (unpaired) electrons. The molecule has 0 saturated heterocycles. The fourth-order valence-corrected chi connectivity index (χ4v) is 3.37. The summed E-state index contributed by atoms with van der Waals surface area (Å²) < 4.78 is 0. The highest BCUT2D eigenvalue weighted by Crippen LogP contribution is 2.14. The van der Waals surface area contributed by atoms with Crippen molar-refractivity contribution in [2.45, 2.75) is 104 Å². The van der Waals surface area contributed by atoms with E-state index < -0.39 is 0 Å². The van der Waals surface area contributed by atoms with Crippen LogP contribution >= 0.6 is 0 Å². The maximum absolute atomic E-state index is 11.7. The summed E-state index contributed by atoms with van der Waals surface area (Å²) in [4.78, 5) is 24.7. The van der Waals surface area contributed by atoms with Crippen molar-refractivity contribution in [3.8, 4) is 0 Å². The van der Waals surface area contributed by atoms with E-state index in [1.54, 1.807) is 6.92 Å². The first kappa shape index (κ1) is 22.7. The molecule has 0 unspecified atom stereocenters. The molecule has 2 amide bonds. The van der Waals surface area contributed by atoms with Crippen LogP contribution in [-0.2, 0) is 9.59 Å². The number of rotatable bonds is 16. The average molecular weight is 362 g/mol. The molecule has 3 nitrogen and oxygen atoms in total. The van der Waals surface area contributed by atoms with E-state index in [4.69, 9.17) is 0 Å². The second-order valence-electron chi connectivity index (χ2n) is 7.56. The van der Waals surface area contributed by atoms with Crippen molar-refractivity contribution >= 4 is 11.8 Å². The summed E-state index contributed by atoms with van der Waals surface area (Å²) in [6.45, 7) is 4.55. The normalized spacial score (nSPS) is 14.7. The fourth-order valence-electron chi connectivity index (χ4n) is 3.37. The molecule has 1 heterocycles. The number of amides is 2. The zero-order chi connectivity index (χ0) is 19.0. The lowest BCUT2D eigenvalue weighted by Crippen LogP contribution is -2.31. The van der Waals surface area contributed by atoms with Crippen LogP contribution in [0.2, 0.25) is 0 Å². The largest absolute Gasteiger partial charge is 0.275 e. The molecule has 0 fully saturated rings. The molecule has 1 aliphatic rings. The molecule has 1 aliphatic heterocycles. The van der Waals surface area contributed by atoms with Gasteiger partial charge in [-0.2, -0.15) is 0 Å². The maximum atomic E-state index is 11.7. The summed E-state index contributed by atoms with van der Waals surface area (Å²) in [5.41, 5.74) is 0.569. The van der Waals surface area contributed by atoms with Gasteiger partial charge in [0, 0.05) is 18.2 Å². The molecule has 0 aliphatic carbocycles. The average Bonchev–Trinajstić information content (AvgIpc) is 2.87. The Kier molecular flexibility index (Phi) is 12.9. The number of allylic oxidation sites excluding steroid dienone is 2. The lowest BCUT2D eigenvalue weighted by molar-refractivity contribution is -0.137. The van der Waals surface area contributed by atoms with Crippen LogP contribution in [0, 0.1) is 0 Å². The van der Waals surface area contributed by atoms with Crippen molar-refractivity contribution in [1.82, 2.24) is 4.90 Å². The van der Waals surface area contributed by atoms with E-state index >= 15 is 0 Å². The van der Waals surface area contributed by atoms with Gasteiger partial charge in [-0.05, 0) is 39.0 Å². The third-order valence-corrected chi connectivity index (χ3v) is 5.08. The number of unbranched alkanes of at least 4 members (excludes halogenated alkanes) is 12. The van der Waals surface area contributed by atoms with Crippen LogP contribution in [0.5, 0.6) is 0 Å². The van der Waals surface area contributed by atoms with Gasteiger partial charge in [0.15, 0.2) is 0 Å². The van der Waals surface area contributed by atoms with Gasteiger partial charge in [-0.3, -0.25) is 14.5 Å². The van der Waals surface area contributed by atoms with Crippen molar-refractivity contribution in [2.75, 3.05) is 6.54 Å².